The molecule has 0 aliphatic heterocycles. The Balaban J connectivity index is 0.00000114. The van der Waals surface area contributed by atoms with E-state index in [1.54, 1.807) is 17.6 Å². The van der Waals surface area contributed by atoms with E-state index in [4.69, 9.17) is 10.1 Å². The van der Waals surface area contributed by atoms with Gasteiger partial charge in [0.1, 0.15) is 11.6 Å². The minimum atomic E-state index is 0.0233. The van der Waals surface area contributed by atoms with E-state index >= 15 is 0 Å². The highest BCUT2D eigenvalue weighted by Crippen LogP contribution is 2.22. The molecule has 0 amide bonds. The molecule has 0 aromatic carbocycles. The zero-order valence-corrected chi connectivity index (χ0v) is 20.3. The van der Waals surface area contributed by atoms with Crippen molar-refractivity contribution >= 4 is 17.3 Å². The Kier molecular flexibility index (Phi) is 9.71. The van der Waals surface area contributed by atoms with Crippen molar-refractivity contribution < 1.29 is 5.11 Å². The van der Waals surface area contributed by atoms with Crippen molar-refractivity contribution in [2.24, 2.45) is 0 Å². The summed E-state index contributed by atoms with van der Waals surface area (Å²) >= 11 is 0. The van der Waals surface area contributed by atoms with Crippen molar-refractivity contribution in [2.75, 3.05) is 29.9 Å². The van der Waals surface area contributed by atoms with Gasteiger partial charge in [0.25, 0.3) is 5.56 Å². The lowest BCUT2D eigenvalue weighted by molar-refractivity contribution is 0.318. The number of hydrogen-bond donors (Lipinski definition) is 2. The fourth-order valence-electron chi connectivity index (χ4n) is 3.49. The fraction of sp³-hybridized carbons (Fsp3) is 0.542. The molecule has 0 saturated heterocycles. The molecule has 0 radical (unpaired) electrons. The van der Waals surface area contributed by atoms with Gasteiger partial charge in [0.2, 0.25) is 0 Å². The van der Waals surface area contributed by atoms with E-state index < -0.39 is 0 Å². The summed E-state index contributed by atoms with van der Waals surface area (Å²) in [5, 5.41) is 15.6. The number of pyridine rings is 1. The molecule has 0 aliphatic rings. The van der Waals surface area contributed by atoms with Crippen LogP contribution >= 0.6 is 0 Å². The summed E-state index contributed by atoms with van der Waals surface area (Å²) < 4.78 is 3.63. The molecule has 0 unspecified atom stereocenters. The molecule has 0 saturated carbocycles. The first kappa shape index (κ1) is 25.4. The summed E-state index contributed by atoms with van der Waals surface area (Å²) in [7, 11) is 0. The highest BCUT2D eigenvalue weighted by molar-refractivity contribution is 5.61. The van der Waals surface area contributed by atoms with Crippen molar-refractivity contribution in [3.05, 3.63) is 52.1 Å². The molecule has 3 heterocycles. The van der Waals surface area contributed by atoms with Crippen molar-refractivity contribution in [1.82, 2.24) is 19.2 Å². The minimum Gasteiger partial charge on any atom is -0.397 e. The quantitative estimate of drug-likeness (QED) is 0.523. The molecule has 176 valence electrons. The smallest absolute Gasteiger partial charge is 0.250 e. The first-order valence-corrected chi connectivity index (χ1v) is 11.6. The lowest BCUT2D eigenvalue weighted by Gasteiger charge is -2.22. The number of nitrogens with one attached hydrogen (secondary N) is 1. The van der Waals surface area contributed by atoms with Crippen LogP contribution in [0.4, 0.5) is 11.6 Å². The second kappa shape index (κ2) is 12.2. The van der Waals surface area contributed by atoms with E-state index in [0.29, 0.717) is 6.54 Å². The maximum atomic E-state index is 12.0. The summed E-state index contributed by atoms with van der Waals surface area (Å²) in [6.07, 6.45) is 5.78. The molecule has 0 spiro atoms. The van der Waals surface area contributed by atoms with Gasteiger partial charge >= 0.3 is 0 Å². The molecule has 32 heavy (non-hydrogen) atoms. The number of anilines is 2. The molecule has 0 bridgehead atoms. The molecule has 3 aromatic heterocycles. The fourth-order valence-corrected chi connectivity index (χ4v) is 3.49. The topological polar surface area (TPSA) is 87.7 Å². The average Bonchev–Trinajstić information content (AvgIpc) is 3.20. The number of fused-ring (bicyclic) bond motifs is 1. The van der Waals surface area contributed by atoms with Crippen LogP contribution in [0.25, 0.3) is 5.65 Å². The molecular formula is C24H38N6O2. The lowest BCUT2D eigenvalue weighted by Crippen LogP contribution is -2.25. The van der Waals surface area contributed by atoms with Gasteiger partial charge in [0, 0.05) is 56.2 Å². The van der Waals surface area contributed by atoms with Gasteiger partial charge in [-0.05, 0) is 46.1 Å². The number of aliphatic hydroxyl groups excluding tert-OH is 1. The van der Waals surface area contributed by atoms with Gasteiger partial charge in [-0.1, -0.05) is 19.9 Å². The Morgan fingerprint density at radius 2 is 1.91 bits per heavy atom. The number of aromatic nitrogens is 4. The number of nitrogens with zero attached hydrogens (tertiary/aromatic N) is 5. The van der Waals surface area contributed by atoms with Crippen molar-refractivity contribution in [3.63, 3.8) is 0 Å². The molecule has 2 N–H and O–H groups in total. The van der Waals surface area contributed by atoms with Crippen LogP contribution in [0.15, 0.2) is 35.4 Å². The Morgan fingerprint density at radius 3 is 2.50 bits per heavy atom. The largest absolute Gasteiger partial charge is 0.397 e. The lowest BCUT2D eigenvalue weighted by atomic mass is 10.2. The summed E-state index contributed by atoms with van der Waals surface area (Å²) in [6.45, 7) is 14.9. The molecule has 0 aliphatic carbocycles. The first-order chi connectivity index (χ1) is 15.4. The minimum absolute atomic E-state index is 0.0233. The van der Waals surface area contributed by atoms with Crippen LogP contribution in [-0.4, -0.2) is 44.0 Å². The van der Waals surface area contributed by atoms with Gasteiger partial charge in [-0.15, -0.1) is 0 Å². The first-order valence-electron chi connectivity index (χ1n) is 11.6. The number of aryl methyl sites for hydroxylation is 1. The maximum absolute atomic E-state index is 12.0. The number of hydrogen-bond acceptors (Lipinski definition) is 6. The highest BCUT2D eigenvalue weighted by Gasteiger charge is 2.14. The normalized spacial score (nSPS) is 10.9. The Hall–Kier alpha value is -2.87. The molecule has 3 aromatic rings. The third-order valence-corrected chi connectivity index (χ3v) is 5.14. The van der Waals surface area contributed by atoms with E-state index in [-0.39, 0.29) is 18.2 Å². The summed E-state index contributed by atoms with van der Waals surface area (Å²) in [5.74, 6) is 1.87. The molecule has 3 rings (SSSR count). The van der Waals surface area contributed by atoms with E-state index in [1.165, 1.54) is 0 Å². The predicted octanol–water partition coefficient (Wildman–Crippen LogP) is 3.88. The van der Waals surface area contributed by atoms with Crippen LogP contribution in [0.2, 0.25) is 0 Å². The van der Waals surface area contributed by atoms with Crippen molar-refractivity contribution in [1.29, 1.82) is 0 Å². The number of rotatable bonds is 9. The SMILES string of the molecule is CCCN(CC)c1cc(NCc2ccc(=O)n(C(C)C)c2)n2ncc(CC)c2n1.CCO. The number of aliphatic hydroxyl groups is 1. The van der Waals surface area contributed by atoms with Crippen LogP contribution in [0.5, 0.6) is 0 Å². The van der Waals surface area contributed by atoms with Crippen LogP contribution in [-0.2, 0) is 13.0 Å². The zero-order chi connectivity index (χ0) is 23.7. The van der Waals surface area contributed by atoms with Gasteiger partial charge < -0.3 is 19.9 Å². The third kappa shape index (κ3) is 6.09. The zero-order valence-electron chi connectivity index (χ0n) is 20.3. The third-order valence-electron chi connectivity index (χ3n) is 5.14. The molecular weight excluding hydrogens is 404 g/mol. The molecule has 0 atom stereocenters. The summed E-state index contributed by atoms with van der Waals surface area (Å²) in [4.78, 5) is 19.2. The average molecular weight is 443 g/mol. The van der Waals surface area contributed by atoms with Gasteiger partial charge in [-0.3, -0.25) is 4.79 Å². The molecule has 8 nitrogen and oxygen atoms in total. The van der Waals surface area contributed by atoms with Crippen LogP contribution < -0.4 is 15.8 Å². The highest BCUT2D eigenvalue weighted by atomic mass is 16.2. The predicted molar refractivity (Wildman–Crippen MR) is 132 cm³/mol. The van der Waals surface area contributed by atoms with Crippen molar-refractivity contribution in [2.45, 2.75) is 67.0 Å². The maximum Gasteiger partial charge on any atom is 0.250 e. The summed E-state index contributed by atoms with van der Waals surface area (Å²) in [5.41, 5.74) is 3.11. The monoisotopic (exact) mass is 442 g/mol. The Bertz CT molecular complexity index is 1040. The van der Waals surface area contributed by atoms with E-state index in [1.807, 2.05) is 36.8 Å². The van der Waals surface area contributed by atoms with Crippen molar-refractivity contribution in [3.8, 4) is 0 Å². The standard InChI is InChI=1S/C22H32N6O.C2H6O/c1-6-11-26(8-3)20-12-19(28-22(25-20)18(7-2)14-24-28)23-13-17-9-10-21(29)27(15-17)16(4)5;1-2-3/h9-10,12,14-16,23H,6-8,11,13H2,1-5H3;3H,2H2,1H3. The second-order valence-electron chi connectivity index (χ2n) is 7.88. The molecule has 0 fully saturated rings. The van der Waals surface area contributed by atoms with Gasteiger partial charge in [-0.2, -0.15) is 9.61 Å². The van der Waals surface area contributed by atoms with Crippen LogP contribution in [0, 0.1) is 0 Å². The van der Waals surface area contributed by atoms with E-state index in [9.17, 15) is 4.79 Å². The van der Waals surface area contributed by atoms with Gasteiger partial charge in [-0.25, -0.2) is 4.98 Å². The van der Waals surface area contributed by atoms with E-state index in [2.05, 4.69) is 42.2 Å². The van der Waals surface area contributed by atoms with Crippen LogP contribution in [0.3, 0.4) is 0 Å². The Morgan fingerprint density at radius 1 is 1.19 bits per heavy atom. The Labute approximate surface area is 190 Å². The molecule has 8 heteroatoms. The second-order valence-corrected chi connectivity index (χ2v) is 7.88. The summed E-state index contributed by atoms with van der Waals surface area (Å²) in [6, 6.07) is 5.71. The van der Waals surface area contributed by atoms with Crippen LogP contribution in [0.1, 0.15) is 65.1 Å². The van der Waals surface area contributed by atoms with Gasteiger partial charge in [0.05, 0.1) is 6.20 Å². The van der Waals surface area contributed by atoms with E-state index in [0.717, 1.165) is 54.3 Å². The van der Waals surface area contributed by atoms with Gasteiger partial charge in [0.15, 0.2) is 5.65 Å².